The maximum absolute atomic E-state index is 2.42. The van der Waals surface area contributed by atoms with Crippen LogP contribution in [0.5, 0.6) is 0 Å². The van der Waals surface area contributed by atoms with E-state index < -0.39 is 0 Å². The third-order valence-electron chi connectivity index (χ3n) is 5.37. The fraction of sp³-hybridized carbons (Fsp3) is 0.240. The van der Waals surface area contributed by atoms with E-state index in [-0.39, 0.29) is 0 Å². The van der Waals surface area contributed by atoms with Crippen molar-refractivity contribution in [3.63, 3.8) is 0 Å². The number of hydrogen-bond donors (Lipinski definition) is 0. The number of fused-ring (bicyclic) bond motifs is 2. The lowest BCUT2D eigenvalue weighted by atomic mass is 10.1. The minimum absolute atomic E-state index is 0.969. The quantitative estimate of drug-likeness (QED) is 0.292. The van der Waals surface area contributed by atoms with E-state index in [9.17, 15) is 0 Å². The zero-order chi connectivity index (χ0) is 21.1. The monoisotopic (exact) mass is 451 g/mol. The topological polar surface area (TPSA) is 7.12 Å². The molecule has 0 fully saturated rings. The van der Waals surface area contributed by atoms with E-state index in [4.69, 9.17) is 0 Å². The van der Waals surface area contributed by atoms with Crippen LogP contribution >= 0.6 is 35.3 Å². The number of rotatable bonds is 6. The van der Waals surface area contributed by atoms with Crippen LogP contribution in [0.25, 0.3) is 17.0 Å². The van der Waals surface area contributed by atoms with Gasteiger partial charge in [-0.15, -0.1) is 23.5 Å². The predicted octanol–water partition coefficient (Wildman–Crippen LogP) is 7.08. The number of aryl methyl sites for hydroxylation is 1. The molecule has 1 aliphatic heterocycles. The zero-order valence-corrected chi connectivity index (χ0v) is 20.3. The van der Waals surface area contributed by atoms with Crippen molar-refractivity contribution in [2.75, 3.05) is 24.0 Å². The number of allylic oxidation sites excluding steroid dienone is 2. The summed E-state index contributed by atoms with van der Waals surface area (Å²) in [5, 5.41) is 2.58. The molecule has 0 saturated heterocycles. The Morgan fingerprint density at radius 1 is 1.03 bits per heavy atom. The molecule has 0 aliphatic carbocycles. The number of nitrogens with zero attached hydrogens (tertiary/aromatic N) is 2. The van der Waals surface area contributed by atoms with Crippen LogP contribution in [-0.2, 0) is 6.54 Å². The van der Waals surface area contributed by atoms with Gasteiger partial charge in [-0.2, -0.15) is 4.57 Å². The second-order valence-corrected chi connectivity index (χ2v) is 9.72. The smallest absolute Gasteiger partial charge is 0.213 e. The van der Waals surface area contributed by atoms with Crippen LogP contribution in [0.2, 0.25) is 0 Å². The van der Waals surface area contributed by atoms with E-state index in [0.717, 1.165) is 13.1 Å². The van der Waals surface area contributed by atoms with Crippen LogP contribution in [0.1, 0.15) is 19.4 Å². The number of thioether (sulfide) groups is 3. The van der Waals surface area contributed by atoms with Crippen LogP contribution < -0.4 is 9.47 Å². The van der Waals surface area contributed by atoms with Gasteiger partial charge in [0.1, 0.15) is 6.54 Å². The molecular formula is C25H27N2S3+. The molecule has 0 atom stereocenters. The molecule has 0 radical (unpaired) electrons. The number of pyridine rings is 1. The van der Waals surface area contributed by atoms with E-state index in [1.807, 2.05) is 35.3 Å². The van der Waals surface area contributed by atoms with Gasteiger partial charge < -0.3 is 4.90 Å². The van der Waals surface area contributed by atoms with Crippen molar-refractivity contribution in [3.05, 3.63) is 71.4 Å². The summed E-state index contributed by atoms with van der Waals surface area (Å²) in [4.78, 5) is 6.49. The maximum Gasteiger partial charge on any atom is 0.213 e. The van der Waals surface area contributed by atoms with Gasteiger partial charge in [-0.05, 0) is 56.2 Å². The molecule has 0 bridgehead atoms. The van der Waals surface area contributed by atoms with Crippen molar-refractivity contribution in [1.29, 1.82) is 0 Å². The summed E-state index contributed by atoms with van der Waals surface area (Å²) in [6.45, 7) is 6.36. The summed E-state index contributed by atoms with van der Waals surface area (Å²) in [5.74, 6) is 0. The number of benzene rings is 2. The highest BCUT2D eigenvalue weighted by atomic mass is 32.2. The molecule has 2 aromatic carbocycles. The largest absolute Gasteiger partial charge is 0.335 e. The van der Waals surface area contributed by atoms with Gasteiger partial charge in [0.15, 0.2) is 6.20 Å². The molecule has 2 nitrogen and oxygen atoms in total. The first-order chi connectivity index (χ1) is 14.7. The van der Waals surface area contributed by atoms with Gasteiger partial charge in [-0.25, -0.2) is 0 Å². The minimum Gasteiger partial charge on any atom is -0.335 e. The molecule has 4 rings (SSSR count). The lowest BCUT2D eigenvalue weighted by Gasteiger charge is -2.18. The first-order valence-corrected chi connectivity index (χ1v) is 13.5. The minimum atomic E-state index is 0.969. The molecule has 5 heteroatoms. The fourth-order valence-electron chi connectivity index (χ4n) is 3.84. The van der Waals surface area contributed by atoms with Gasteiger partial charge in [0.2, 0.25) is 5.52 Å². The molecule has 1 aromatic heterocycles. The molecular weight excluding hydrogens is 424 g/mol. The molecule has 0 amide bonds. The summed E-state index contributed by atoms with van der Waals surface area (Å²) in [5.41, 5.74) is 3.87. The third kappa shape index (κ3) is 4.03. The Hall–Kier alpha value is -1.82. The zero-order valence-electron chi connectivity index (χ0n) is 17.9. The fourth-order valence-corrected chi connectivity index (χ4v) is 6.56. The number of hydrogen-bond acceptors (Lipinski definition) is 4. The van der Waals surface area contributed by atoms with Crippen molar-refractivity contribution < 1.29 is 4.57 Å². The Kier molecular flexibility index (Phi) is 6.81. The number of aromatic nitrogens is 1. The number of para-hydroxylation sites is 1. The average molecular weight is 452 g/mol. The summed E-state index contributed by atoms with van der Waals surface area (Å²) in [6, 6.07) is 15.5. The second-order valence-electron chi connectivity index (χ2n) is 6.96. The first kappa shape index (κ1) is 21.4. The lowest BCUT2D eigenvalue weighted by molar-refractivity contribution is -0.667. The van der Waals surface area contributed by atoms with Gasteiger partial charge in [-0.1, -0.05) is 36.0 Å². The lowest BCUT2D eigenvalue weighted by Crippen LogP contribution is -2.32. The summed E-state index contributed by atoms with van der Waals surface area (Å²) >= 11 is 5.53. The van der Waals surface area contributed by atoms with Crippen molar-refractivity contribution in [1.82, 2.24) is 0 Å². The van der Waals surface area contributed by atoms with Crippen LogP contribution in [0.4, 0.5) is 5.69 Å². The van der Waals surface area contributed by atoms with Crippen molar-refractivity contribution in [3.8, 4) is 0 Å². The Bertz CT molecular complexity index is 1130. The SMILES string of the molecule is CCN1/C(=C/C=C/c2cc[n+](CC)c3ccccc23)Sc2cc(SC)c(SC)cc21. The molecule has 0 saturated carbocycles. The molecule has 3 aromatic rings. The standard InChI is InChI=1S/C25H27N2S3/c1-5-26-15-14-18(19-11-7-8-12-20(19)26)10-9-13-25-27(6-2)21-16-23(28-3)24(29-4)17-22(21)30-25/h7-17H,5-6H2,1-4H3/q+1. The third-order valence-corrected chi connectivity index (χ3v) is 8.16. The highest BCUT2D eigenvalue weighted by Crippen LogP contribution is 2.49. The highest BCUT2D eigenvalue weighted by Gasteiger charge is 2.25. The van der Waals surface area contributed by atoms with Crippen LogP contribution in [0.3, 0.4) is 0 Å². The number of anilines is 1. The molecule has 154 valence electrons. The Balaban J connectivity index is 1.66. The van der Waals surface area contributed by atoms with Gasteiger partial charge in [0, 0.05) is 33.4 Å². The van der Waals surface area contributed by atoms with Crippen LogP contribution in [0.15, 0.2) is 80.5 Å². The Morgan fingerprint density at radius 3 is 2.53 bits per heavy atom. The molecule has 0 unspecified atom stereocenters. The summed E-state index contributed by atoms with van der Waals surface area (Å²) < 4.78 is 2.29. The Morgan fingerprint density at radius 2 is 1.80 bits per heavy atom. The van der Waals surface area contributed by atoms with Gasteiger partial charge in [0.05, 0.1) is 16.1 Å². The summed E-state index contributed by atoms with van der Waals surface area (Å²) in [6.07, 6.45) is 13.2. The first-order valence-electron chi connectivity index (χ1n) is 10.2. The van der Waals surface area contributed by atoms with Crippen LogP contribution in [-0.4, -0.2) is 19.1 Å². The van der Waals surface area contributed by atoms with Gasteiger partial charge >= 0.3 is 0 Å². The predicted molar refractivity (Wildman–Crippen MR) is 136 cm³/mol. The normalized spacial score (nSPS) is 14.9. The van der Waals surface area contributed by atoms with Crippen molar-refractivity contribution >= 4 is 58.0 Å². The average Bonchev–Trinajstić information content (AvgIpc) is 3.14. The van der Waals surface area contributed by atoms with E-state index in [1.165, 1.54) is 41.9 Å². The maximum atomic E-state index is 2.42. The highest BCUT2D eigenvalue weighted by molar-refractivity contribution is 8.04. The Labute approximate surface area is 192 Å². The van der Waals surface area contributed by atoms with E-state index in [1.54, 1.807) is 0 Å². The summed E-state index contributed by atoms with van der Waals surface area (Å²) in [7, 11) is 0. The van der Waals surface area contributed by atoms with Crippen molar-refractivity contribution in [2.24, 2.45) is 0 Å². The second kappa shape index (κ2) is 9.54. The van der Waals surface area contributed by atoms with E-state index in [2.05, 4.69) is 103 Å². The molecule has 0 N–H and O–H groups in total. The van der Waals surface area contributed by atoms with Gasteiger partial charge in [-0.3, -0.25) is 0 Å². The van der Waals surface area contributed by atoms with E-state index in [0.29, 0.717) is 0 Å². The molecule has 2 heterocycles. The molecule has 30 heavy (non-hydrogen) atoms. The van der Waals surface area contributed by atoms with Crippen LogP contribution in [0, 0.1) is 0 Å². The van der Waals surface area contributed by atoms with Gasteiger partial charge in [0.25, 0.3) is 0 Å². The molecule has 0 spiro atoms. The molecule has 1 aliphatic rings. The van der Waals surface area contributed by atoms with E-state index >= 15 is 0 Å². The van der Waals surface area contributed by atoms with Crippen molar-refractivity contribution in [2.45, 2.75) is 35.1 Å².